The van der Waals surface area contributed by atoms with Gasteiger partial charge < -0.3 is 10.5 Å². The van der Waals surface area contributed by atoms with Crippen molar-refractivity contribution in [3.05, 3.63) is 24.3 Å². The SMILES string of the molecule is Nc1ccccc1S(=O)COCC(F)(F)F. The summed E-state index contributed by atoms with van der Waals surface area (Å²) >= 11 is 0. The van der Waals surface area contributed by atoms with E-state index in [0.717, 1.165) is 0 Å². The molecule has 0 radical (unpaired) electrons. The standard InChI is InChI=1S/C9H10F3NO2S/c10-9(11,12)5-15-6-16(14)8-4-2-1-3-7(8)13/h1-4H,5-6,13H2. The van der Waals surface area contributed by atoms with Crippen LogP contribution in [-0.4, -0.2) is 22.9 Å². The minimum atomic E-state index is -4.41. The van der Waals surface area contributed by atoms with Gasteiger partial charge in [0.2, 0.25) is 0 Å². The molecule has 1 aromatic rings. The Balaban J connectivity index is 2.51. The molecule has 0 heterocycles. The number of alkyl halides is 3. The molecule has 0 fully saturated rings. The molecular weight excluding hydrogens is 243 g/mol. The molecule has 0 aliphatic carbocycles. The Morgan fingerprint density at radius 1 is 1.31 bits per heavy atom. The first-order valence-electron chi connectivity index (χ1n) is 4.27. The number of anilines is 1. The predicted molar refractivity (Wildman–Crippen MR) is 54.1 cm³/mol. The number of benzene rings is 1. The van der Waals surface area contributed by atoms with Crippen LogP contribution in [0.1, 0.15) is 0 Å². The van der Waals surface area contributed by atoms with E-state index < -0.39 is 29.5 Å². The Labute approximate surface area is 92.9 Å². The molecule has 0 spiro atoms. The Bertz CT molecular complexity index is 381. The summed E-state index contributed by atoms with van der Waals surface area (Å²) < 4.78 is 51.0. The second kappa shape index (κ2) is 5.31. The zero-order valence-electron chi connectivity index (χ0n) is 8.16. The number of hydrogen-bond acceptors (Lipinski definition) is 3. The topological polar surface area (TPSA) is 52.3 Å². The molecule has 0 aromatic heterocycles. The van der Waals surface area contributed by atoms with Crippen molar-refractivity contribution in [2.75, 3.05) is 18.3 Å². The van der Waals surface area contributed by atoms with Crippen molar-refractivity contribution in [2.45, 2.75) is 11.1 Å². The molecule has 0 saturated carbocycles. The number of halogens is 3. The minimum absolute atomic E-state index is 0.274. The van der Waals surface area contributed by atoms with Crippen LogP contribution >= 0.6 is 0 Å². The molecule has 7 heteroatoms. The number of para-hydroxylation sites is 1. The van der Waals surface area contributed by atoms with Gasteiger partial charge in [-0.2, -0.15) is 13.2 Å². The zero-order valence-corrected chi connectivity index (χ0v) is 8.98. The van der Waals surface area contributed by atoms with Crippen molar-refractivity contribution in [1.29, 1.82) is 0 Å². The van der Waals surface area contributed by atoms with Crippen LogP contribution in [-0.2, 0) is 15.5 Å². The van der Waals surface area contributed by atoms with Crippen LogP contribution in [0.15, 0.2) is 29.2 Å². The third kappa shape index (κ3) is 4.19. The molecule has 0 aliphatic rings. The van der Waals surface area contributed by atoms with Gasteiger partial charge in [0.05, 0.1) is 15.7 Å². The van der Waals surface area contributed by atoms with Crippen LogP contribution in [0.2, 0.25) is 0 Å². The second-order valence-corrected chi connectivity index (χ2v) is 4.33. The highest BCUT2D eigenvalue weighted by Crippen LogP contribution is 2.18. The van der Waals surface area contributed by atoms with Gasteiger partial charge in [0.1, 0.15) is 12.5 Å². The molecule has 0 amide bonds. The maximum atomic E-state index is 11.7. The van der Waals surface area contributed by atoms with Gasteiger partial charge in [0.25, 0.3) is 0 Å². The summed E-state index contributed by atoms with van der Waals surface area (Å²) in [5.74, 6) is -0.520. The Kier molecular flexibility index (Phi) is 4.31. The maximum absolute atomic E-state index is 11.7. The Morgan fingerprint density at radius 3 is 2.50 bits per heavy atom. The first kappa shape index (κ1) is 13.0. The van der Waals surface area contributed by atoms with Crippen molar-refractivity contribution in [1.82, 2.24) is 0 Å². The first-order chi connectivity index (χ1) is 7.40. The summed E-state index contributed by atoms with van der Waals surface area (Å²) in [6.07, 6.45) is -4.41. The van der Waals surface area contributed by atoms with Crippen LogP contribution in [0.5, 0.6) is 0 Å². The molecule has 90 valence electrons. The van der Waals surface area contributed by atoms with Crippen molar-refractivity contribution in [3.8, 4) is 0 Å². The monoisotopic (exact) mass is 253 g/mol. The molecule has 1 rings (SSSR count). The van der Waals surface area contributed by atoms with E-state index in [4.69, 9.17) is 5.73 Å². The molecule has 16 heavy (non-hydrogen) atoms. The van der Waals surface area contributed by atoms with Crippen LogP contribution in [0.25, 0.3) is 0 Å². The highest BCUT2D eigenvalue weighted by molar-refractivity contribution is 7.85. The maximum Gasteiger partial charge on any atom is 0.411 e. The third-order valence-corrected chi connectivity index (χ3v) is 2.86. The summed E-state index contributed by atoms with van der Waals surface area (Å²) in [7, 11) is -1.68. The molecule has 0 bridgehead atoms. The van der Waals surface area contributed by atoms with E-state index >= 15 is 0 Å². The van der Waals surface area contributed by atoms with Gasteiger partial charge in [-0.15, -0.1) is 0 Å². The summed E-state index contributed by atoms with van der Waals surface area (Å²) in [6, 6.07) is 6.26. The molecule has 2 N–H and O–H groups in total. The lowest BCUT2D eigenvalue weighted by Crippen LogP contribution is -2.19. The average Bonchev–Trinajstić information content (AvgIpc) is 2.16. The molecule has 3 nitrogen and oxygen atoms in total. The van der Waals surface area contributed by atoms with E-state index in [1.165, 1.54) is 12.1 Å². The summed E-state index contributed by atoms with van der Waals surface area (Å²) in [5, 5.41) is 0. The molecule has 1 aromatic carbocycles. The quantitative estimate of drug-likeness (QED) is 0.834. The Morgan fingerprint density at radius 2 is 1.94 bits per heavy atom. The van der Waals surface area contributed by atoms with Gasteiger partial charge in [0.15, 0.2) is 0 Å². The van der Waals surface area contributed by atoms with Crippen molar-refractivity contribution >= 4 is 16.5 Å². The second-order valence-electron chi connectivity index (χ2n) is 2.96. The number of hydrogen-bond donors (Lipinski definition) is 1. The lowest BCUT2D eigenvalue weighted by molar-refractivity contribution is -0.169. The van der Waals surface area contributed by atoms with Gasteiger partial charge in [-0.05, 0) is 12.1 Å². The lowest BCUT2D eigenvalue weighted by Gasteiger charge is -2.08. The summed E-state index contributed by atoms with van der Waals surface area (Å²) in [6.45, 7) is -1.41. The number of ether oxygens (including phenoxy) is 1. The van der Waals surface area contributed by atoms with Gasteiger partial charge in [-0.3, -0.25) is 4.21 Å². The van der Waals surface area contributed by atoms with Crippen LogP contribution in [0, 0.1) is 0 Å². The predicted octanol–water partition coefficient (Wildman–Crippen LogP) is 1.91. The minimum Gasteiger partial charge on any atom is -0.398 e. The molecule has 1 atom stereocenters. The third-order valence-electron chi connectivity index (χ3n) is 1.62. The number of nitrogen functional groups attached to an aromatic ring is 1. The number of rotatable bonds is 4. The van der Waals surface area contributed by atoms with Gasteiger partial charge >= 0.3 is 6.18 Å². The van der Waals surface area contributed by atoms with Crippen molar-refractivity contribution < 1.29 is 22.1 Å². The Hall–Kier alpha value is -1.08. The smallest absolute Gasteiger partial charge is 0.398 e. The van der Waals surface area contributed by atoms with E-state index in [2.05, 4.69) is 4.74 Å². The van der Waals surface area contributed by atoms with Crippen molar-refractivity contribution in [3.63, 3.8) is 0 Å². The number of nitrogens with two attached hydrogens (primary N) is 1. The molecule has 1 unspecified atom stereocenters. The van der Waals surface area contributed by atoms with E-state index in [1.807, 2.05) is 0 Å². The van der Waals surface area contributed by atoms with Gasteiger partial charge in [-0.25, -0.2) is 0 Å². The van der Waals surface area contributed by atoms with Crippen LogP contribution < -0.4 is 5.73 Å². The molecule has 0 aliphatic heterocycles. The molecular formula is C9H10F3NO2S. The average molecular weight is 253 g/mol. The van der Waals surface area contributed by atoms with Crippen LogP contribution in [0.3, 0.4) is 0 Å². The summed E-state index contributed by atoms with van der Waals surface area (Å²) in [5.41, 5.74) is 5.78. The first-order valence-corrected chi connectivity index (χ1v) is 5.59. The highest BCUT2D eigenvalue weighted by atomic mass is 32.2. The fourth-order valence-corrected chi connectivity index (χ4v) is 1.91. The highest BCUT2D eigenvalue weighted by Gasteiger charge is 2.27. The van der Waals surface area contributed by atoms with E-state index in [-0.39, 0.29) is 10.6 Å². The normalized spacial score (nSPS) is 13.7. The van der Waals surface area contributed by atoms with Crippen molar-refractivity contribution in [2.24, 2.45) is 0 Å². The largest absolute Gasteiger partial charge is 0.411 e. The van der Waals surface area contributed by atoms with E-state index in [0.29, 0.717) is 0 Å². The van der Waals surface area contributed by atoms with Gasteiger partial charge in [0, 0.05) is 5.69 Å². The van der Waals surface area contributed by atoms with E-state index in [9.17, 15) is 17.4 Å². The van der Waals surface area contributed by atoms with Gasteiger partial charge in [-0.1, -0.05) is 12.1 Å². The fourth-order valence-electron chi connectivity index (χ4n) is 0.984. The molecule has 0 saturated heterocycles. The summed E-state index contributed by atoms with van der Waals surface area (Å²) in [4.78, 5) is 0.282. The lowest BCUT2D eigenvalue weighted by atomic mass is 10.3. The fraction of sp³-hybridized carbons (Fsp3) is 0.333. The van der Waals surface area contributed by atoms with E-state index in [1.54, 1.807) is 12.1 Å². The van der Waals surface area contributed by atoms with Crippen LogP contribution in [0.4, 0.5) is 18.9 Å². The zero-order chi connectivity index (χ0) is 12.2.